The van der Waals surface area contributed by atoms with Crippen LogP contribution in [0.5, 0.6) is 0 Å². The largest absolute Gasteiger partial charge is 0.316 e. The molecule has 6 nitrogen and oxygen atoms in total. The molecule has 0 aliphatic rings. The van der Waals surface area contributed by atoms with Crippen molar-refractivity contribution in [1.29, 1.82) is 0 Å². The van der Waals surface area contributed by atoms with Crippen molar-refractivity contribution in [2.24, 2.45) is 0 Å². The average Bonchev–Trinajstić information content (AvgIpc) is 3.10. The molecule has 0 atom stereocenters. The Morgan fingerprint density at radius 2 is 2.04 bits per heavy atom. The maximum Gasteiger partial charge on any atom is 0.261 e. The molecule has 25 heavy (non-hydrogen) atoms. The lowest BCUT2D eigenvalue weighted by molar-refractivity contribution is 1.11. The van der Waals surface area contributed by atoms with Gasteiger partial charge in [-0.15, -0.1) is 0 Å². The highest BCUT2D eigenvalue weighted by atomic mass is 32.1. The molecule has 0 bridgehead atoms. The van der Waals surface area contributed by atoms with E-state index in [4.69, 9.17) is 17.2 Å². The first-order valence-electron chi connectivity index (χ1n) is 7.62. The molecule has 0 radical (unpaired) electrons. The van der Waals surface area contributed by atoms with Gasteiger partial charge in [-0.05, 0) is 37.3 Å². The lowest BCUT2D eigenvalue weighted by Crippen LogP contribution is -2.10. The van der Waals surface area contributed by atoms with Crippen LogP contribution in [0.2, 0.25) is 0 Å². The molecule has 8 heteroatoms. The number of aromatic nitrogens is 5. The molecule has 2 N–H and O–H groups in total. The highest BCUT2D eigenvalue weighted by molar-refractivity contribution is 7.71. The lowest BCUT2D eigenvalue weighted by Gasteiger charge is -2.04. The van der Waals surface area contributed by atoms with Crippen LogP contribution in [-0.2, 0) is 0 Å². The van der Waals surface area contributed by atoms with Crippen molar-refractivity contribution in [2.75, 3.05) is 0 Å². The minimum absolute atomic E-state index is 0.239. The van der Waals surface area contributed by atoms with Gasteiger partial charge >= 0.3 is 0 Å². The number of nitrogens with one attached hydrogen (secondary N) is 2. The van der Waals surface area contributed by atoms with Gasteiger partial charge in [0.05, 0.1) is 21.3 Å². The number of imidazole rings is 1. The molecule has 0 aliphatic carbocycles. The number of H-pyrrole nitrogens is 2. The second-order valence-electron chi connectivity index (χ2n) is 5.73. The molecule has 0 aliphatic heterocycles. The lowest BCUT2D eigenvalue weighted by atomic mass is 10.1. The third-order valence-corrected chi connectivity index (χ3v) is 5.65. The second-order valence-corrected chi connectivity index (χ2v) is 7.11. The van der Waals surface area contributed by atoms with Crippen LogP contribution in [0.15, 0.2) is 41.3 Å². The van der Waals surface area contributed by atoms with Gasteiger partial charge in [-0.1, -0.05) is 23.5 Å². The van der Waals surface area contributed by atoms with Gasteiger partial charge < -0.3 is 4.98 Å². The number of aryl methyl sites for hydroxylation is 1. The Morgan fingerprint density at radius 3 is 2.92 bits per heavy atom. The number of aromatic amines is 2. The van der Waals surface area contributed by atoms with Crippen molar-refractivity contribution in [1.82, 2.24) is 24.3 Å². The van der Waals surface area contributed by atoms with Crippen molar-refractivity contribution in [3.8, 4) is 10.4 Å². The van der Waals surface area contributed by atoms with E-state index < -0.39 is 0 Å². The average molecular weight is 365 g/mol. The molecule has 0 unspecified atom stereocenters. The first kappa shape index (κ1) is 14.5. The zero-order valence-corrected chi connectivity index (χ0v) is 14.7. The summed E-state index contributed by atoms with van der Waals surface area (Å²) in [6.45, 7) is 2.04. The van der Waals surface area contributed by atoms with Crippen molar-refractivity contribution < 1.29 is 0 Å². The summed E-state index contributed by atoms with van der Waals surface area (Å²) in [4.78, 5) is 28.9. The van der Waals surface area contributed by atoms with E-state index in [2.05, 4.69) is 19.4 Å². The number of para-hydroxylation sites is 2. The molecule has 5 aromatic rings. The van der Waals surface area contributed by atoms with Gasteiger partial charge in [0, 0.05) is 17.5 Å². The Labute approximate surface area is 149 Å². The minimum atomic E-state index is -0.239. The summed E-state index contributed by atoms with van der Waals surface area (Å²) in [7, 11) is 0. The van der Waals surface area contributed by atoms with Crippen LogP contribution in [0.3, 0.4) is 0 Å². The third-order valence-electron chi connectivity index (χ3n) is 4.27. The number of fused-ring (bicyclic) bond motifs is 4. The number of thiazole rings is 1. The molecule has 0 fully saturated rings. The number of nitrogens with zero attached hydrogens (tertiary/aromatic N) is 3. The molecule has 5 rings (SSSR count). The quantitative estimate of drug-likeness (QED) is 0.443. The van der Waals surface area contributed by atoms with Crippen LogP contribution < -0.4 is 5.56 Å². The normalized spacial score (nSPS) is 11.7. The fourth-order valence-corrected chi connectivity index (χ4v) is 4.55. The van der Waals surface area contributed by atoms with E-state index in [1.165, 1.54) is 0 Å². The third kappa shape index (κ3) is 2.01. The smallest absolute Gasteiger partial charge is 0.261 e. The number of rotatable bonds is 1. The predicted octanol–water partition coefficient (Wildman–Crippen LogP) is 3.82. The van der Waals surface area contributed by atoms with Crippen molar-refractivity contribution in [3.63, 3.8) is 0 Å². The van der Waals surface area contributed by atoms with E-state index in [1.807, 2.05) is 37.3 Å². The summed E-state index contributed by atoms with van der Waals surface area (Å²) in [5.41, 5.74) is 4.14. The van der Waals surface area contributed by atoms with Crippen molar-refractivity contribution >= 4 is 50.6 Å². The molecular formula is C17H11N5OS2. The van der Waals surface area contributed by atoms with Crippen LogP contribution in [-0.4, -0.2) is 24.3 Å². The molecule has 0 spiro atoms. The summed E-state index contributed by atoms with van der Waals surface area (Å²) >= 11 is 6.60. The van der Waals surface area contributed by atoms with E-state index >= 15 is 0 Å². The van der Waals surface area contributed by atoms with E-state index in [-0.39, 0.29) is 10.3 Å². The molecule has 1 aromatic carbocycles. The van der Waals surface area contributed by atoms with Gasteiger partial charge in [0.2, 0.25) is 0 Å². The van der Waals surface area contributed by atoms with Crippen LogP contribution in [0, 0.1) is 11.7 Å². The predicted molar refractivity (Wildman–Crippen MR) is 102 cm³/mol. The monoisotopic (exact) mass is 365 g/mol. The Hall–Kier alpha value is -2.84. The number of benzene rings is 1. The number of hydrogen-bond donors (Lipinski definition) is 2. The van der Waals surface area contributed by atoms with Crippen LogP contribution >= 0.6 is 23.6 Å². The van der Waals surface area contributed by atoms with Crippen molar-refractivity contribution in [2.45, 2.75) is 6.92 Å². The van der Waals surface area contributed by atoms with Gasteiger partial charge in [0.15, 0.2) is 9.73 Å². The molecule has 4 aromatic heterocycles. The van der Waals surface area contributed by atoms with Crippen LogP contribution in [0.1, 0.15) is 5.69 Å². The molecule has 0 saturated heterocycles. The standard InChI is InChI=1S/C17H11N5OS2/c1-8-13(25-17-19-10-4-2-3-5-11(10)22(8)17)9-6-7-18-14-12(9)15(23)21-16(24)20-14/h2-7H,1H3,(H2,18,20,21,23,24). The Kier molecular flexibility index (Phi) is 2.94. The highest BCUT2D eigenvalue weighted by Crippen LogP contribution is 2.36. The van der Waals surface area contributed by atoms with Gasteiger partial charge in [-0.25, -0.2) is 9.97 Å². The highest BCUT2D eigenvalue weighted by Gasteiger charge is 2.18. The summed E-state index contributed by atoms with van der Waals surface area (Å²) in [5, 5.41) is 0.507. The van der Waals surface area contributed by atoms with E-state index in [9.17, 15) is 4.79 Å². The fraction of sp³-hybridized carbons (Fsp3) is 0.0588. The van der Waals surface area contributed by atoms with E-state index in [0.717, 1.165) is 32.1 Å². The van der Waals surface area contributed by atoms with Crippen LogP contribution in [0.25, 0.3) is 37.5 Å². The zero-order chi connectivity index (χ0) is 17.1. The maximum atomic E-state index is 12.5. The molecule has 122 valence electrons. The zero-order valence-electron chi connectivity index (χ0n) is 13.0. The first-order valence-corrected chi connectivity index (χ1v) is 8.84. The summed E-state index contributed by atoms with van der Waals surface area (Å²) < 4.78 is 2.40. The van der Waals surface area contributed by atoms with Gasteiger partial charge in [0.25, 0.3) is 5.56 Å². The summed E-state index contributed by atoms with van der Waals surface area (Å²) in [5.74, 6) is 0. The minimum Gasteiger partial charge on any atom is -0.316 e. The van der Waals surface area contributed by atoms with Gasteiger partial charge in [-0.3, -0.25) is 14.2 Å². The SMILES string of the molecule is Cc1c(-c2ccnc3[nH]c(=S)[nH]c(=O)c23)sc2nc3ccccc3n12. The van der Waals surface area contributed by atoms with Gasteiger partial charge in [-0.2, -0.15) is 0 Å². The van der Waals surface area contributed by atoms with Crippen molar-refractivity contribution in [3.05, 3.63) is 57.3 Å². The van der Waals surface area contributed by atoms with E-state index in [1.54, 1.807) is 17.5 Å². The van der Waals surface area contributed by atoms with E-state index in [0.29, 0.717) is 11.0 Å². The number of hydrogen-bond acceptors (Lipinski definition) is 5. The number of pyridine rings is 1. The van der Waals surface area contributed by atoms with Gasteiger partial charge in [0.1, 0.15) is 5.65 Å². The molecule has 0 amide bonds. The Morgan fingerprint density at radius 1 is 1.20 bits per heavy atom. The summed E-state index contributed by atoms with van der Waals surface area (Å²) in [6.07, 6.45) is 1.68. The maximum absolute atomic E-state index is 12.5. The van der Waals surface area contributed by atoms with Crippen LogP contribution in [0.4, 0.5) is 0 Å². The molecule has 0 saturated carbocycles. The Bertz CT molecular complexity index is 1410. The molecule has 4 heterocycles. The fourth-order valence-electron chi connectivity index (χ4n) is 3.19. The molecular weight excluding hydrogens is 354 g/mol. The topological polar surface area (TPSA) is 78.8 Å². The Balaban J connectivity index is 1.91. The first-order chi connectivity index (χ1) is 12.1. The second kappa shape index (κ2) is 5.08. The summed E-state index contributed by atoms with van der Waals surface area (Å²) in [6, 6.07) is 9.89.